The van der Waals surface area contributed by atoms with Gasteiger partial charge in [0.25, 0.3) is 5.91 Å². The van der Waals surface area contributed by atoms with E-state index in [1.54, 1.807) is 18.3 Å². The molecule has 0 spiro atoms. The van der Waals surface area contributed by atoms with Crippen molar-refractivity contribution in [2.75, 3.05) is 13.1 Å². The lowest BCUT2D eigenvalue weighted by atomic mass is 10.1. The maximum absolute atomic E-state index is 12.3. The Morgan fingerprint density at radius 2 is 1.87 bits per heavy atom. The molecule has 0 atom stereocenters. The summed E-state index contributed by atoms with van der Waals surface area (Å²) in [5.41, 5.74) is 2.88. The molecule has 2 aromatic rings. The van der Waals surface area contributed by atoms with Crippen LogP contribution in [0.4, 0.5) is 0 Å². The first-order valence-electron chi connectivity index (χ1n) is 7.43. The highest BCUT2D eigenvalue weighted by atomic mass is 16.2. The molecule has 5 heteroatoms. The van der Waals surface area contributed by atoms with Crippen molar-refractivity contribution in [2.45, 2.75) is 6.42 Å². The molecule has 0 bridgehead atoms. The summed E-state index contributed by atoms with van der Waals surface area (Å²) in [6.07, 6.45) is 2.38. The minimum atomic E-state index is -0.205. The Morgan fingerprint density at radius 3 is 2.57 bits per heavy atom. The summed E-state index contributed by atoms with van der Waals surface area (Å²) in [5, 5.41) is 2.81. The Balaban J connectivity index is 1.55. The van der Waals surface area contributed by atoms with Crippen molar-refractivity contribution in [3.05, 3.63) is 72.1 Å². The van der Waals surface area contributed by atoms with Gasteiger partial charge in [-0.15, -0.1) is 0 Å². The van der Waals surface area contributed by atoms with Crippen LogP contribution in [0.25, 0.3) is 5.70 Å². The fourth-order valence-corrected chi connectivity index (χ4v) is 2.58. The van der Waals surface area contributed by atoms with E-state index >= 15 is 0 Å². The molecule has 1 aliphatic heterocycles. The van der Waals surface area contributed by atoms with Gasteiger partial charge in [0.05, 0.1) is 0 Å². The van der Waals surface area contributed by atoms with Crippen molar-refractivity contribution in [3.63, 3.8) is 0 Å². The van der Waals surface area contributed by atoms with Crippen molar-refractivity contribution in [2.24, 2.45) is 0 Å². The van der Waals surface area contributed by atoms with E-state index in [0.29, 0.717) is 24.2 Å². The van der Waals surface area contributed by atoms with Crippen LogP contribution < -0.4 is 5.32 Å². The number of nitrogens with one attached hydrogen (secondary N) is 1. The molecule has 23 heavy (non-hydrogen) atoms. The third-order valence-corrected chi connectivity index (χ3v) is 3.77. The van der Waals surface area contributed by atoms with Gasteiger partial charge >= 0.3 is 0 Å². The second-order valence-electron chi connectivity index (χ2n) is 5.30. The first-order chi connectivity index (χ1) is 11.2. The van der Waals surface area contributed by atoms with E-state index in [1.165, 1.54) is 4.90 Å². The number of carbonyl (C=O) groups excluding carboxylic acids is 2. The molecule has 2 heterocycles. The van der Waals surface area contributed by atoms with Gasteiger partial charge in [-0.05, 0) is 18.2 Å². The number of rotatable bonds is 5. The zero-order valence-electron chi connectivity index (χ0n) is 12.7. The van der Waals surface area contributed by atoms with Crippen LogP contribution in [-0.4, -0.2) is 34.8 Å². The molecule has 1 aliphatic rings. The van der Waals surface area contributed by atoms with Crippen LogP contribution in [0.1, 0.15) is 21.6 Å². The predicted octanol–water partition coefficient (Wildman–Crippen LogP) is 1.87. The van der Waals surface area contributed by atoms with Gasteiger partial charge in [0.1, 0.15) is 6.54 Å². The summed E-state index contributed by atoms with van der Waals surface area (Å²) in [6.45, 7) is 4.39. The molecule has 0 saturated carbocycles. The number of hydrogen-bond acceptors (Lipinski definition) is 3. The zero-order valence-corrected chi connectivity index (χ0v) is 12.7. The Kier molecular flexibility index (Phi) is 4.19. The van der Waals surface area contributed by atoms with Crippen molar-refractivity contribution < 1.29 is 9.59 Å². The highest BCUT2D eigenvalue weighted by molar-refractivity contribution is 6.10. The van der Waals surface area contributed by atoms with Crippen molar-refractivity contribution >= 4 is 17.5 Å². The number of amides is 2. The topological polar surface area (TPSA) is 62.3 Å². The van der Waals surface area contributed by atoms with Gasteiger partial charge in [0.15, 0.2) is 0 Å². The summed E-state index contributed by atoms with van der Waals surface area (Å²) in [4.78, 5) is 30.0. The van der Waals surface area contributed by atoms with Crippen LogP contribution in [0.2, 0.25) is 0 Å². The lowest BCUT2D eigenvalue weighted by Crippen LogP contribution is -2.37. The van der Waals surface area contributed by atoms with Gasteiger partial charge in [-0.1, -0.05) is 30.8 Å². The number of aromatic nitrogens is 1. The Bertz CT molecular complexity index is 721. The van der Waals surface area contributed by atoms with Crippen LogP contribution in [-0.2, 0) is 11.2 Å². The van der Waals surface area contributed by atoms with Crippen LogP contribution in [0.15, 0.2) is 55.2 Å². The summed E-state index contributed by atoms with van der Waals surface area (Å²) in [6, 6.07) is 12.9. The molecule has 116 valence electrons. The second-order valence-corrected chi connectivity index (χ2v) is 5.30. The monoisotopic (exact) mass is 307 g/mol. The third kappa shape index (κ3) is 3.13. The molecule has 0 unspecified atom stereocenters. The Labute approximate surface area is 134 Å². The van der Waals surface area contributed by atoms with Gasteiger partial charge in [0.2, 0.25) is 5.91 Å². The number of fused-ring (bicyclic) bond motifs is 1. The molecule has 1 aromatic carbocycles. The minimum absolute atomic E-state index is 0.0193. The van der Waals surface area contributed by atoms with E-state index in [2.05, 4.69) is 16.9 Å². The fourth-order valence-electron chi connectivity index (χ4n) is 2.58. The van der Waals surface area contributed by atoms with E-state index in [9.17, 15) is 9.59 Å². The largest absolute Gasteiger partial charge is 0.354 e. The van der Waals surface area contributed by atoms with Gasteiger partial charge in [0, 0.05) is 41.7 Å². The highest BCUT2D eigenvalue weighted by Gasteiger charge is 2.31. The molecule has 0 saturated heterocycles. The quantitative estimate of drug-likeness (QED) is 0.917. The van der Waals surface area contributed by atoms with Gasteiger partial charge in [-0.25, -0.2) is 0 Å². The van der Waals surface area contributed by atoms with E-state index in [0.717, 1.165) is 11.3 Å². The van der Waals surface area contributed by atoms with E-state index < -0.39 is 0 Å². The summed E-state index contributed by atoms with van der Waals surface area (Å²) >= 11 is 0. The molecule has 2 amide bonds. The smallest absolute Gasteiger partial charge is 0.259 e. The number of benzene rings is 1. The van der Waals surface area contributed by atoms with Crippen molar-refractivity contribution in [3.8, 4) is 0 Å². The molecule has 3 rings (SSSR count). The molecule has 1 aromatic heterocycles. The number of pyridine rings is 1. The van der Waals surface area contributed by atoms with Crippen LogP contribution in [0.3, 0.4) is 0 Å². The van der Waals surface area contributed by atoms with E-state index in [1.807, 2.05) is 30.3 Å². The van der Waals surface area contributed by atoms with E-state index in [-0.39, 0.29) is 18.4 Å². The first-order valence-corrected chi connectivity index (χ1v) is 7.43. The lowest BCUT2D eigenvalue weighted by Gasteiger charge is -2.16. The van der Waals surface area contributed by atoms with Crippen molar-refractivity contribution in [1.29, 1.82) is 0 Å². The van der Waals surface area contributed by atoms with Gasteiger partial charge in [-0.2, -0.15) is 0 Å². The van der Waals surface area contributed by atoms with Crippen LogP contribution in [0, 0.1) is 0 Å². The maximum Gasteiger partial charge on any atom is 0.259 e. The molecule has 1 N–H and O–H groups in total. The SMILES string of the molecule is C=C1c2ccccc2C(=O)N1CC(=O)NCCc1ccccn1. The van der Waals surface area contributed by atoms with Crippen LogP contribution in [0.5, 0.6) is 0 Å². The zero-order chi connectivity index (χ0) is 16.2. The molecular weight excluding hydrogens is 290 g/mol. The van der Waals surface area contributed by atoms with Gasteiger partial charge < -0.3 is 5.32 Å². The van der Waals surface area contributed by atoms with E-state index in [4.69, 9.17) is 0 Å². The Morgan fingerprint density at radius 1 is 1.13 bits per heavy atom. The second kappa shape index (κ2) is 6.44. The molecule has 5 nitrogen and oxygen atoms in total. The Hall–Kier alpha value is -2.95. The molecular formula is C18H17N3O2. The standard InChI is InChI=1S/C18H17N3O2/c1-13-15-7-2-3-8-16(15)18(23)21(13)12-17(22)20-11-9-14-6-4-5-10-19-14/h2-8,10H,1,9,11-12H2,(H,20,22). The average molecular weight is 307 g/mol. The predicted molar refractivity (Wildman–Crippen MR) is 87.5 cm³/mol. The summed E-state index contributed by atoms with van der Waals surface area (Å²) in [7, 11) is 0. The summed E-state index contributed by atoms with van der Waals surface area (Å²) in [5.74, 6) is -0.381. The van der Waals surface area contributed by atoms with Crippen LogP contribution >= 0.6 is 0 Å². The normalized spacial score (nSPS) is 13.1. The molecule has 0 aliphatic carbocycles. The first kappa shape index (κ1) is 15.0. The fraction of sp³-hybridized carbons (Fsp3) is 0.167. The molecule has 0 radical (unpaired) electrons. The number of hydrogen-bond donors (Lipinski definition) is 1. The van der Waals surface area contributed by atoms with Crippen molar-refractivity contribution in [1.82, 2.24) is 15.2 Å². The lowest BCUT2D eigenvalue weighted by molar-refractivity contribution is -0.121. The maximum atomic E-state index is 12.3. The summed E-state index contributed by atoms with van der Waals surface area (Å²) < 4.78 is 0. The number of nitrogens with zero attached hydrogens (tertiary/aromatic N) is 2. The van der Waals surface area contributed by atoms with Gasteiger partial charge in [-0.3, -0.25) is 19.5 Å². The third-order valence-electron chi connectivity index (χ3n) is 3.77. The number of carbonyl (C=O) groups is 2. The molecule has 0 fully saturated rings. The highest BCUT2D eigenvalue weighted by Crippen LogP contribution is 2.30. The average Bonchev–Trinajstić information content (AvgIpc) is 2.81. The minimum Gasteiger partial charge on any atom is -0.354 e.